The number of nitrogens with one attached hydrogen (secondary N) is 1. The Hall–Kier alpha value is -4.20. The molecule has 0 aliphatic heterocycles. The van der Waals surface area contributed by atoms with Crippen molar-refractivity contribution in [1.29, 1.82) is 0 Å². The van der Waals surface area contributed by atoms with Crippen LogP contribution in [0.3, 0.4) is 0 Å². The van der Waals surface area contributed by atoms with Crippen LogP contribution in [-0.2, 0) is 4.74 Å². The Balaban J connectivity index is 1.57. The number of carbonyl (C=O) groups is 1. The number of anilines is 3. The molecule has 2 heterocycles. The molecule has 150 valence electrons. The van der Waals surface area contributed by atoms with Crippen molar-refractivity contribution in [2.45, 2.75) is 6.92 Å². The van der Waals surface area contributed by atoms with E-state index in [4.69, 9.17) is 15.2 Å². The number of nitrogens with two attached hydrogens (primary N) is 1. The zero-order valence-electron chi connectivity index (χ0n) is 16.2. The van der Waals surface area contributed by atoms with E-state index in [1.807, 2.05) is 24.3 Å². The smallest absolute Gasteiger partial charge is 0.338 e. The van der Waals surface area contributed by atoms with Crippen LogP contribution in [0.15, 0.2) is 67.1 Å². The van der Waals surface area contributed by atoms with Crippen LogP contribution in [0.5, 0.6) is 11.6 Å². The normalized spacial score (nSPS) is 10.6. The minimum atomic E-state index is -0.370. The Kier molecular flexibility index (Phi) is 5.38. The lowest BCUT2D eigenvalue weighted by Crippen LogP contribution is -2.05. The van der Waals surface area contributed by atoms with Gasteiger partial charge in [0.25, 0.3) is 0 Å². The zero-order valence-corrected chi connectivity index (χ0v) is 16.2. The van der Waals surface area contributed by atoms with Crippen molar-refractivity contribution in [2.24, 2.45) is 0 Å². The highest BCUT2D eigenvalue weighted by Gasteiger charge is 2.13. The Bertz CT molecular complexity index is 1190. The van der Waals surface area contributed by atoms with E-state index in [1.54, 1.807) is 43.5 Å². The first kappa shape index (κ1) is 19.1. The Morgan fingerprint density at radius 2 is 1.83 bits per heavy atom. The van der Waals surface area contributed by atoms with Crippen molar-refractivity contribution < 1.29 is 14.3 Å². The molecule has 2 aromatic carbocycles. The van der Waals surface area contributed by atoms with Gasteiger partial charge in [-0.3, -0.25) is 4.98 Å². The second-order valence-electron chi connectivity index (χ2n) is 6.30. The van der Waals surface area contributed by atoms with Crippen LogP contribution in [0.4, 0.5) is 17.2 Å². The van der Waals surface area contributed by atoms with Crippen molar-refractivity contribution in [1.82, 2.24) is 15.0 Å². The van der Waals surface area contributed by atoms with Crippen LogP contribution >= 0.6 is 0 Å². The summed E-state index contributed by atoms with van der Waals surface area (Å²) in [6.45, 7) is 2.09. The maximum atomic E-state index is 11.8. The summed E-state index contributed by atoms with van der Waals surface area (Å²) in [6, 6.07) is 16.2. The van der Waals surface area contributed by atoms with Crippen molar-refractivity contribution in [3.05, 3.63) is 72.7 Å². The number of aromatic nitrogens is 3. The van der Waals surface area contributed by atoms with Gasteiger partial charge < -0.3 is 20.5 Å². The molecular formula is C22H19N5O3. The summed E-state index contributed by atoms with van der Waals surface area (Å²) < 4.78 is 10.9. The number of carbonyl (C=O) groups excluding carboxylic acids is 1. The van der Waals surface area contributed by atoms with Crippen molar-refractivity contribution in [3.63, 3.8) is 0 Å². The maximum Gasteiger partial charge on any atom is 0.338 e. The molecule has 30 heavy (non-hydrogen) atoms. The molecule has 0 unspecified atom stereocenters. The topological polar surface area (TPSA) is 112 Å². The molecule has 0 saturated heterocycles. The van der Waals surface area contributed by atoms with E-state index in [-0.39, 0.29) is 17.5 Å². The average Bonchev–Trinajstić information content (AvgIpc) is 2.77. The Morgan fingerprint density at radius 1 is 1.03 bits per heavy atom. The summed E-state index contributed by atoms with van der Waals surface area (Å²) in [5.41, 5.74) is 8.36. The molecule has 0 radical (unpaired) electrons. The van der Waals surface area contributed by atoms with Gasteiger partial charge in [0.2, 0.25) is 5.88 Å². The van der Waals surface area contributed by atoms with Crippen molar-refractivity contribution >= 4 is 34.1 Å². The number of ether oxygens (including phenoxy) is 2. The highest BCUT2D eigenvalue weighted by Crippen LogP contribution is 2.33. The lowest BCUT2D eigenvalue weighted by Gasteiger charge is -2.13. The fourth-order valence-corrected chi connectivity index (χ4v) is 2.86. The predicted octanol–water partition coefficient (Wildman–Crippen LogP) is 4.32. The second kappa shape index (κ2) is 8.44. The van der Waals surface area contributed by atoms with Crippen LogP contribution in [0.25, 0.3) is 10.9 Å². The SMILES string of the molecule is CCOC(=O)c1ccc(Nc2ncnc(Oc3cccc4cccnc34)c2N)cc1. The third kappa shape index (κ3) is 3.97. The Labute approximate surface area is 172 Å². The highest BCUT2D eigenvalue weighted by atomic mass is 16.5. The largest absolute Gasteiger partial charge is 0.462 e. The van der Waals surface area contributed by atoms with Crippen LogP contribution in [0.2, 0.25) is 0 Å². The third-order valence-corrected chi connectivity index (χ3v) is 4.31. The zero-order chi connectivity index (χ0) is 20.9. The fraction of sp³-hybridized carbons (Fsp3) is 0.0909. The number of para-hydroxylation sites is 1. The molecule has 0 spiro atoms. The van der Waals surface area contributed by atoms with E-state index in [0.717, 1.165) is 5.39 Å². The number of hydrogen-bond acceptors (Lipinski definition) is 8. The average molecular weight is 401 g/mol. The molecule has 4 aromatic rings. The van der Waals surface area contributed by atoms with Gasteiger partial charge in [0.15, 0.2) is 11.6 Å². The standard InChI is InChI=1S/C22H19N5O3/c1-2-29-22(28)15-8-10-16(11-9-15)27-20-18(23)21(26-13-25-20)30-17-7-3-5-14-6-4-12-24-19(14)17/h3-13H,2,23H2,1H3,(H,25,26,27). The van der Waals surface area contributed by atoms with Gasteiger partial charge in [-0.1, -0.05) is 18.2 Å². The fourth-order valence-electron chi connectivity index (χ4n) is 2.86. The molecule has 0 bridgehead atoms. The number of fused-ring (bicyclic) bond motifs is 1. The van der Waals surface area contributed by atoms with E-state index in [9.17, 15) is 4.79 Å². The van der Waals surface area contributed by atoms with E-state index < -0.39 is 0 Å². The third-order valence-electron chi connectivity index (χ3n) is 4.31. The number of nitrogens with zero attached hydrogens (tertiary/aromatic N) is 3. The minimum Gasteiger partial charge on any atom is -0.462 e. The van der Waals surface area contributed by atoms with E-state index >= 15 is 0 Å². The molecule has 8 heteroatoms. The first-order valence-electron chi connectivity index (χ1n) is 9.32. The van der Waals surface area contributed by atoms with Crippen LogP contribution in [0.1, 0.15) is 17.3 Å². The lowest BCUT2D eigenvalue weighted by molar-refractivity contribution is 0.0526. The van der Waals surface area contributed by atoms with Gasteiger partial charge in [-0.05, 0) is 43.3 Å². The van der Waals surface area contributed by atoms with Crippen LogP contribution in [-0.4, -0.2) is 27.5 Å². The minimum absolute atomic E-state index is 0.216. The first-order chi connectivity index (χ1) is 14.7. The summed E-state index contributed by atoms with van der Waals surface area (Å²) in [7, 11) is 0. The van der Waals surface area contributed by atoms with Gasteiger partial charge >= 0.3 is 5.97 Å². The molecule has 0 saturated carbocycles. The number of nitrogen functional groups attached to an aromatic ring is 1. The highest BCUT2D eigenvalue weighted by molar-refractivity contribution is 5.90. The molecule has 0 atom stereocenters. The molecular weight excluding hydrogens is 382 g/mol. The van der Waals surface area contributed by atoms with Crippen LogP contribution < -0.4 is 15.8 Å². The van der Waals surface area contributed by atoms with Gasteiger partial charge in [-0.15, -0.1) is 0 Å². The first-order valence-corrected chi connectivity index (χ1v) is 9.32. The quantitative estimate of drug-likeness (QED) is 0.459. The number of rotatable bonds is 6. The van der Waals surface area contributed by atoms with Gasteiger partial charge in [-0.2, -0.15) is 4.98 Å². The van der Waals surface area contributed by atoms with Crippen LogP contribution in [0, 0.1) is 0 Å². The molecule has 8 nitrogen and oxygen atoms in total. The van der Waals surface area contributed by atoms with Gasteiger partial charge in [-0.25, -0.2) is 9.78 Å². The lowest BCUT2D eigenvalue weighted by atomic mass is 10.2. The Morgan fingerprint density at radius 3 is 2.63 bits per heavy atom. The van der Waals surface area contributed by atoms with E-state index in [0.29, 0.717) is 34.9 Å². The predicted molar refractivity (Wildman–Crippen MR) is 114 cm³/mol. The summed E-state index contributed by atoms with van der Waals surface area (Å²) in [4.78, 5) is 24.5. The summed E-state index contributed by atoms with van der Waals surface area (Å²) >= 11 is 0. The molecule has 0 amide bonds. The molecule has 0 aliphatic carbocycles. The molecule has 0 fully saturated rings. The number of benzene rings is 2. The molecule has 3 N–H and O–H groups in total. The van der Waals surface area contributed by atoms with Gasteiger partial charge in [0.1, 0.15) is 17.5 Å². The monoisotopic (exact) mass is 401 g/mol. The van der Waals surface area contributed by atoms with Gasteiger partial charge in [0.05, 0.1) is 12.2 Å². The summed E-state index contributed by atoms with van der Waals surface area (Å²) in [6.07, 6.45) is 3.06. The van der Waals surface area contributed by atoms with Crippen molar-refractivity contribution in [2.75, 3.05) is 17.7 Å². The van der Waals surface area contributed by atoms with E-state index in [1.165, 1.54) is 6.33 Å². The van der Waals surface area contributed by atoms with Gasteiger partial charge in [0, 0.05) is 17.3 Å². The summed E-state index contributed by atoms with van der Waals surface area (Å²) in [5.74, 6) is 0.777. The molecule has 4 rings (SSSR count). The number of hydrogen-bond donors (Lipinski definition) is 2. The number of pyridine rings is 1. The molecule has 0 aliphatic rings. The van der Waals surface area contributed by atoms with E-state index in [2.05, 4.69) is 20.3 Å². The van der Waals surface area contributed by atoms with Crippen molar-refractivity contribution in [3.8, 4) is 11.6 Å². The summed E-state index contributed by atoms with van der Waals surface area (Å²) in [5, 5.41) is 4.06. The molecule has 2 aromatic heterocycles. The maximum absolute atomic E-state index is 11.8. The number of esters is 1. The second-order valence-corrected chi connectivity index (χ2v) is 6.30.